The average molecular weight is 399 g/mol. The van der Waals surface area contributed by atoms with Crippen LogP contribution in [0.4, 0.5) is 4.39 Å². The summed E-state index contributed by atoms with van der Waals surface area (Å²) in [5.74, 6) is -0.248. The van der Waals surface area contributed by atoms with Gasteiger partial charge in [-0.1, -0.05) is 25.7 Å². The molecule has 0 aliphatic rings. The molecule has 2 atom stereocenters. The quantitative estimate of drug-likeness (QED) is 0.318. The largest absolute Gasteiger partial charge is 0.481 e. The number of halogens is 1. The summed E-state index contributed by atoms with van der Waals surface area (Å²) in [7, 11) is 0. The van der Waals surface area contributed by atoms with Gasteiger partial charge in [-0.05, 0) is 56.9 Å². The second-order valence-corrected chi connectivity index (χ2v) is 8.10. The van der Waals surface area contributed by atoms with Gasteiger partial charge in [0.05, 0.1) is 6.10 Å². The van der Waals surface area contributed by atoms with Crippen LogP contribution < -0.4 is 0 Å². The summed E-state index contributed by atoms with van der Waals surface area (Å²) in [6.07, 6.45) is 6.30. The first-order valence-corrected chi connectivity index (χ1v) is 10.7. The second kappa shape index (κ2) is 13.7. The standard InChI is InChI=1S/C21H31FO4S/c1-16(23)17(7-4-2-3-5-10-21(25)26)8-6-9-19(24)15-27-20-13-11-18(22)12-14-20/h11-14,17,19,24H,2-10,15H2,1H3,(H,25,26). The van der Waals surface area contributed by atoms with Crippen molar-refractivity contribution in [2.75, 3.05) is 5.75 Å². The van der Waals surface area contributed by atoms with Gasteiger partial charge < -0.3 is 10.2 Å². The lowest BCUT2D eigenvalue weighted by molar-refractivity contribution is -0.137. The summed E-state index contributed by atoms with van der Waals surface area (Å²) in [6, 6.07) is 6.23. The molecule has 0 fully saturated rings. The summed E-state index contributed by atoms with van der Waals surface area (Å²) in [4.78, 5) is 23.2. The summed E-state index contributed by atoms with van der Waals surface area (Å²) in [5, 5.41) is 18.7. The molecule has 1 aromatic carbocycles. The number of aliphatic hydroxyl groups excluding tert-OH is 1. The fraction of sp³-hybridized carbons (Fsp3) is 0.619. The van der Waals surface area contributed by atoms with Gasteiger partial charge >= 0.3 is 5.97 Å². The highest BCUT2D eigenvalue weighted by Crippen LogP contribution is 2.22. The Morgan fingerprint density at radius 2 is 1.63 bits per heavy atom. The van der Waals surface area contributed by atoms with Crippen molar-refractivity contribution in [2.24, 2.45) is 5.92 Å². The molecule has 4 nitrogen and oxygen atoms in total. The minimum Gasteiger partial charge on any atom is -0.481 e. The van der Waals surface area contributed by atoms with E-state index in [4.69, 9.17) is 5.11 Å². The summed E-state index contributed by atoms with van der Waals surface area (Å²) >= 11 is 1.50. The molecule has 1 aromatic rings. The van der Waals surface area contributed by atoms with Crippen molar-refractivity contribution in [3.05, 3.63) is 30.1 Å². The van der Waals surface area contributed by atoms with E-state index in [1.807, 2.05) is 0 Å². The summed E-state index contributed by atoms with van der Waals surface area (Å²) < 4.78 is 12.9. The van der Waals surface area contributed by atoms with Crippen LogP contribution in [0.3, 0.4) is 0 Å². The molecule has 152 valence electrons. The predicted octanol–water partition coefficient (Wildman–Crippen LogP) is 5.08. The Bertz CT molecular complexity index is 562. The molecule has 1 rings (SSSR count). The molecule has 0 aliphatic heterocycles. The summed E-state index contributed by atoms with van der Waals surface area (Å²) in [5.41, 5.74) is 0. The first-order chi connectivity index (χ1) is 12.9. The van der Waals surface area contributed by atoms with E-state index in [2.05, 4.69) is 0 Å². The molecule has 0 saturated heterocycles. The van der Waals surface area contributed by atoms with Crippen LogP contribution in [-0.2, 0) is 9.59 Å². The van der Waals surface area contributed by atoms with Gasteiger partial charge in [0.2, 0.25) is 0 Å². The van der Waals surface area contributed by atoms with Crippen molar-refractivity contribution in [3.8, 4) is 0 Å². The Morgan fingerprint density at radius 1 is 1.00 bits per heavy atom. The van der Waals surface area contributed by atoms with Gasteiger partial charge in [0.1, 0.15) is 11.6 Å². The van der Waals surface area contributed by atoms with Crippen molar-refractivity contribution in [1.29, 1.82) is 0 Å². The third-order valence-electron chi connectivity index (χ3n) is 4.61. The first kappa shape index (κ1) is 23.6. The molecule has 2 N–H and O–H groups in total. The van der Waals surface area contributed by atoms with E-state index >= 15 is 0 Å². The highest BCUT2D eigenvalue weighted by atomic mass is 32.2. The summed E-state index contributed by atoms with van der Waals surface area (Å²) in [6.45, 7) is 1.62. The number of carboxylic acids is 1. The maximum Gasteiger partial charge on any atom is 0.303 e. The zero-order valence-corrected chi connectivity index (χ0v) is 16.8. The lowest BCUT2D eigenvalue weighted by Gasteiger charge is -2.15. The number of carbonyl (C=O) groups excluding carboxylic acids is 1. The SMILES string of the molecule is CC(=O)C(CCCCCCC(=O)O)CCCC(O)CSc1ccc(F)cc1. The van der Waals surface area contributed by atoms with Crippen molar-refractivity contribution in [2.45, 2.75) is 75.7 Å². The fourth-order valence-electron chi connectivity index (χ4n) is 2.98. The molecule has 0 saturated carbocycles. The number of hydrogen-bond acceptors (Lipinski definition) is 4. The molecule has 2 unspecified atom stereocenters. The van der Waals surface area contributed by atoms with Crippen LogP contribution in [0, 0.1) is 11.7 Å². The van der Waals surface area contributed by atoms with Crippen LogP contribution in [0.15, 0.2) is 29.2 Å². The number of thioether (sulfide) groups is 1. The third kappa shape index (κ3) is 11.8. The van der Waals surface area contributed by atoms with E-state index in [-0.39, 0.29) is 23.9 Å². The van der Waals surface area contributed by atoms with Crippen LogP contribution in [-0.4, -0.2) is 33.8 Å². The molecular formula is C21H31FO4S. The van der Waals surface area contributed by atoms with Crippen LogP contribution >= 0.6 is 11.8 Å². The molecule has 0 aliphatic carbocycles. The fourth-order valence-corrected chi connectivity index (χ4v) is 3.86. The minimum atomic E-state index is -0.757. The minimum absolute atomic E-state index is 0.0291. The number of aliphatic hydroxyl groups is 1. The zero-order valence-electron chi connectivity index (χ0n) is 16.0. The molecule has 0 amide bonds. The Kier molecular flexibility index (Phi) is 12.0. The van der Waals surface area contributed by atoms with Gasteiger partial charge in [-0.3, -0.25) is 9.59 Å². The van der Waals surface area contributed by atoms with Crippen LogP contribution in [0.25, 0.3) is 0 Å². The normalized spacial score (nSPS) is 13.3. The van der Waals surface area contributed by atoms with E-state index in [0.29, 0.717) is 18.6 Å². The molecule has 6 heteroatoms. The molecule has 27 heavy (non-hydrogen) atoms. The number of unbranched alkanes of at least 4 members (excludes halogenated alkanes) is 3. The van der Waals surface area contributed by atoms with Crippen LogP contribution in [0.1, 0.15) is 64.7 Å². The Balaban J connectivity index is 2.16. The Morgan fingerprint density at radius 3 is 2.26 bits per heavy atom. The Labute approximate surface area is 165 Å². The van der Waals surface area contributed by atoms with Crippen molar-refractivity contribution in [3.63, 3.8) is 0 Å². The van der Waals surface area contributed by atoms with Gasteiger partial charge in [0.15, 0.2) is 0 Å². The first-order valence-electron chi connectivity index (χ1n) is 9.67. The van der Waals surface area contributed by atoms with Gasteiger partial charge in [-0.15, -0.1) is 11.8 Å². The van der Waals surface area contributed by atoms with E-state index in [0.717, 1.165) is 43.4 Å². The van der Waals surface area contributed by atoms with Gasteiger partial charge in [-0.25, -0.2) is 4.39 Å². The molecule has 0 heterocycles. The van der Waals surface area contributed by atoms with Crippen LogP contribution in [0.5, 0.6) is 0 Å². The zero-order chi connectivity index (χ0) is 20.1. The number of aliphatic carboxylic acids is 1. The molecule has 0 spiro atoms. The highest BCUT2D eigenvalue weighted by Gasteiger charge is 2.15. The maximum atomic E-state index is 12.9. The molecular weight excluding hydrogens is 367 g/mol. The number of carbonyl (C=O) groups is 2. The number of carboxylic acid groups (broad SMARTS) is 1. The molecule has 0 bridgehead atoms. The van der Waals surface area contributed by atoms with Crippen molar-refractivity contribution >= 4 is 23.5 Å². The average Bonchev–Trinajstić information content (AvgIpc) is 2.62. The topological polar surface area (TPSA) is 74.6 Å². The second-order valence-electron chi connectivity index (χ2n) is 7.00. The van der Waals surface area contributed by atoms with E-state index in [1.54, 1.807) is 19.1 Å². The third-order valence-corrected chi connectivity index (χ3v) is 5.77. The van der Waals surface area contributed by atoms with Crippen molar-refractivity contribution in [1.82, 2.24) is 0 Å². The highest BCUT2D eigenvalue weighted by molar-refractivity contribution is 7.99. The predicted molar refractivity (Wildman–Crippen MR) is 106 cm³/mol. The maximum absolute atomic E-state index is 12.9. The number of Topliss-reactive ketones (excluding diaryl/α,β-unsaturated/α-hetero) is 1. The van der Waals surface area contributed by atoms with Gasteiger partial charge in [-0.2, -0.15) is 0 Å². The van der Waals surface area contributed by atoms with Crippen LogP contribution in [0.2, 0.25) is 0 Å². The monoisotopic (exact) mass is 398 g/mol. The molecule has 0 aromatic heterocycles. The smallest absolute Gasteiger partial charge is 0.303 e. The van der Waals surface area contributed by atoms with E-state index < -0.39 is 12.1 Å². The molecule has 0 radical (unpaired) electrons. The van der Waals surface area contributed by atoms with E-state index in [1.165, 1.54) is 23.9 Å². The Hall–Kier alpha value is -1.40. The van der Waals surface area contributed by atoms with E-state index in [9.17, 15) is 19.1 Å². The van der Waals surface area contributed by atoms with Gasteiger partial charge in [0.25, 0.3) is 0 Å². The number of hydrogen-bond donors (Lipinski definition) is 2. The number of rotatable bonds is 15. The number of ketones is 1. The number of benzene rings is 1. The lowest BCUT2D eigenvalue weighted by Crippen LogP contribution is -2.14. The lowest BCUT2D eigenvalue weighted by atomic mass is 9.91. The van der Waals surface area contributed by atoms with Crippen molar-refractivity contribution < 1.29 is 24.2 Å². The van der Waals surface area contributed by atoms with Gasteiger partial charge in [0, 0.05) is 23.0 Å².